The molecule has 1 fully saturated rings. The first-order chi connectivity index (χ1) is 8.72. The van der Waals surface area contributed by atoms with Crippen molar-refractivity contribution >= 4 is 18.1 Å². The summed E-state index contributed by atoms with van der Waals surface area (Å²) in [6.45, 7) is 0. The van der Waals surface area contributed by atoms with Gasteiger partial charge in [0, 0.05) is 19.3 Å². The van der Waals surface area contributed by atoms with Gasteiger partial charge < -0.3 is 4.79 Å². The number of hydrogen-bond acceptors (Lipinski definition) is 3. The number of rotatable bonds is 4. The highest BCUT2D eigenvalue weighted by Crippen LogP contribution is 2.17. The number of nitrogens with zero attached hydrogens (tertiary/aromatic N) is 1. The number of amides is 2. The molecule has 18 heavy (non-hydrogen) atoms. The van der Waals surface area contributed by atoms with Gasteiger partial charge in [-0.3, -0.25) is 14.5 Å². The highest BCUT2D eigenvalue weighted by atomic mass is 16.2. The molecule has 4 heteroatoms. The van der Waals surface area contributed by atoms with E-state index in [0.717, 1.165) is 10.5 Å². The van der Waals surface area contributed by atoms with Crippen molar-refractivity contribution in [2.75, 3.05) is 0 Å². The maximum Gasteiger partial charge on any atom is 0.229 e. The van der Waals surface area contributed by atoms with Crippen LogP contribution in [0.1, 0.15) is 24.8 Å². The molecule has 1 saturated heterocycles. The first-order valence-electron chi connectivity index (χ1n) is 6.06. The van der Waals surface area contributed by atoms with Crippen LogP contribution in [-0.4, -0.2) is 29.0 Å². The number of imide groups is 1. The van der Waals surface area contributed by atoms with Crippen molar-refractivity contribution in [3.8, 4) is 0 Å². The zero-order valence-electron chi connectivity index (χ0n) is 10.0. The Morgan fingerprint density at radius 3 is 2.28 bits per heavy atom. The van der Waals surface area contributed by atoms with Crippen LogP contribution in [0.3, 0.4) is 0 Å². The average molecular weight is 245 g/mol. The smallest absolute Gasteiger partial charge is 0.229 e. The molecule has 1 aromatic rings. The Labute approximate surface area is 106 Å². The summed E-state index contributed by atoms with van der Waals surface area (Å²) in [6, 6.07) is 8.72. The lowest BCUT2D eigenvalue weighted by Gasteiger charge is -2.29. The maximum absolute atomic E-state index is 11.7. The molecule has 1 aliphatic rings. The fourth-order valence-electron chi connectivity index (χ4n) is 2.20. The summed E-state index contributed by atoms with van der Waals surface area (Å²) in [5.41, 5.74) is 0.945. The van der Waals surface area contributed by atoms with Gasteiger partial charge in [-0.05, 0) is 12.0 Å². The number of likely N-dealkylation sites (tertiary alicyclic amines) is 1. The van der Waals surface area contributed by atoms with E-state index in [4.69, 9.17) is 0 Å². The minimum absolute atomic E-state index is 0.237. The van der Waals surface area contributed by atoms with Gasteiger partial charge in [0.1, 0.15) is 6.29 Å². The molecule has 2 rings (SSSR count). The topological polar surface area (TPSA) is 54.5 Å². The molecule has 94 valence electrons. The first-order valence-corrected chi connectivity index (χ1v) is 6.06. The van der Waals surface area contributed by atoms with E-state index in [-0.39, 0.29) is 11.8 Å². The molecule has 0 unspecified atom stereocenters. The Bertz CT molecular complexity index is 439. The van der Waals surface area contributed by atoms with Gasteiger partial charge in [-0.25, -0.2) is 0 Å². The van der Waals surface area contributed by atoms with Crippen molar-refractivity contribution in [1.82, 2.24) is 4.90 Å². The first kappa shape index (κ1) is 12.5. The zero-order chi connectivity index (χ0) is 13.0. The second-order valence-corrected chi connectivity index (χ2v) is 4.40. The predicted octanol–water partition coefficient (Wildman–Crippen LogP) is 1.34. The maximum atomic E-state index is 11.7. The van der Waals surface area contributed by atoms with E-state index in [1.807, 2.05) is 30.3 Å². The zero-order valence-corrected chi connectivity index (χ0v) is 10.0. The molecular formula is C14H15NO3. The molecule has 2 amide bonds. The van der Waals surface area contributed by atoms with E-state index in [1.54, 1.807) is 0 Å². The number of carbonyl (C=O) groups excluding carboxylic acids is 3. The van der Waals surface area contributed by atoms with Crippen LogP contribution in [0, 0.1) is 0 Å². The summed E-state index contributed by atoms with van der Waals surface area (Å²) >= 11 is 0. The van der Waals surface area contributed by atoms with Crippen LogP contribution in [0.4, 0.5) is 0 Å². The molecule has 1 aromatic carbocycles. The number of aldehydes is 1. The summed E-state index contributed by atoms with van der Waals surface area (Å²) in [6.07, 6.45) is 2.37. The fourth-order valence-corrected chi connectivity index (χ4v) is 2.20. The minimum Gasteiger partial charge on any atom is -0.301 e. The molecule has 0 aromatic heterocycles. The van der Waals surface area contributed by atoms with E-state index in [2.05, 4.69) is 0 Å². The van der Waals surface area contributed by atoms with Crippen molar-refractivity contribution < 1.29 is 14.4 Å². The molecule has 1 aliphatic heterocycles. The third-order valence-electron chi connectivity index (χ3n) is 3.10. The Hall–Kier alpha value is -1.97. The SMILES string of the molecule is O=C[C@H](Cc1ccccc1)N1C(=O)CCCC1=O. The Morgan fingerprint density at radius 2 is 1.72 bits per heavy atom. The number of hydrogen-bond donors (Lipinski definition) is 0. The van der Waals surface area contributed by atoms with Crippen molar-refractivity contribution in [3.63, 3.8) is 0 Å². The van der Waals surface area contributed by atoms with Crippen LogP contribution in [-0.2, 0) is 20.8 Å². The highest BCUT2D eigenvalue weighted by molar-refractivity contribution is 5.99. The van der Waals surface area contributed by atoms with Gasteiger partial charge in [0.2, 0.25) is 11.8 Å². The largest absolute Gasteiger partial charge is 0.301 e. The van der Waals surface area contributed by atoms with Gasteiger partial charge in [-0.15, -0.1) is 0 Å². The normalized spacial score (nSPS) is 17.7. The van der Waals surface area contributed by atoms with Crippen LogP contribution < -0.4 is 0 Å². The second kappa shape index (κ2) is 5.58. The lowest BCUT2D eigenvalue weighted by Crippen LogP contribution is -2.48. The molecule has 1 atom stereocenters. The van der Waals surface area contributed by atoms with Gasteiger partial charge in [-0.1, -0.05) is 30.3 Å². The summed E-state index contributed by atoms with van der Waals surface area (Å²) in [4.78, 5) is 35.8. The third-order valence-corrected chi connectivity index (χ3v) is 3.10. The van der Waals surface area contributed by atoms with Crippen molar-refractivity contribution in [3.05, 3.63) is 35.9 Å². The molecule has 0 bridgehead atoms. The molecular weight excluding hydrogens is 230 g/mol. The van der Waals surface area contributed by atoms with Crippen LogP contribution >= 0.6 is 0 Å². The van der Waals surface area contributed by atoms with Gasteiger partial charge in [0.15, 0.2) is 0 Å². The van der Waals surface area contributed by atoms with E-state index >= 15 is 0 Å². The molecule has 4 nitrogen and oxygen atoms in total. The minimum atomic E-state index is -0.673. The predicted molar refractivity (Wildman–Crippen MR) is 65.7 cm³/mol. The van der Waals surface area contributed by atoms with Crippen LogP contribution in [0.15, 0.2) is 30.3 Å². The summed E-state index contributed by atoms with van der Waals surface area (Å²) < 4.78 is 0. The molecule has 1 heterocycles. The number of carbonyl (C=O) groups is 3. The fraction of sp³-hybridized carbons (Fsp3) is 0.357. The Morgan fingerprint density at radius 1 is 1.11 bits per heavy atom. The van der Waals surface area contributed by atoms with Gasteiger partial charge in [-0.2, -0.15) is 0 Å². The van der Waals surface area contributed by atoms with Crippen LogP contribution in [0.2, 0.25) is 0 Å². The van der Waals surface area contributed by atoms with Gasteiger partial charge >= 0.3 is 0 Å². The monoisotopic (exact) mass is 245 g/mol. The Kier molecular flexibility index (Phi) is 3.87. The summed E-state index contributed by atoms with van der Waals surface area (Å²) in [5, 5.41) is 0. The Balaban J connectivity index is 2.15. The summed E-state index contributed by atoms with van der Waals surface area (Å²) in [5.74, 6) is -0.474. The molecule has 0 aliphatic carbocycles. The van der Waals surface area contributed by atoms with Crippen LogP contribution in [0.25, 0.3) is 0 Å². The molecule has 0 N–H and O–H groups in total. The molecule has 0 spiro atoms. The average Bonchev–Trinajstić information content (AvgIpc) is 2.38. The van der Waals surface area contributed by atoms with Crippen LogP contribution in [0.5, 0.6) is 0 Å². The van der Waals surface area contributed by atoms with E-state index in [1.165, 1.54) is 0 Å². The van der Waals surface area contributed by atoms with E-state index in [9.17, 15) is 14.4 Å². The number of piperidine rings is 1. The molecule has 0 radical (unpaired) electrons. The standard InChI is InChI=1S/C14H15NO3/c16-10-12(9-11-5-2-1-3-6-11)15-13(17)7-4-8-14(15)18/h1-3,5-6,10,12H,4,7-9H2/t12-/m0/s1. The lowest BCUT2D eigenvalue weighted by atomic mass is 10.0. The van der Waals surface area contributed by atoms with Gasteiger partial charge in [0.05, 0.1) is 6.04 Å². The molecule has 0 saturated carbocycles. The lowest BCUT2D eigenvalue weighted by molar-refractivity contribution is -0.152. The van der Waals surface area contributed by atoms with Gasteiger partial charge in [0.25, 0.3) is 0 Å². The highest BCUT2D eigenvalue weighted by Gasteiger charge is 2.32. The van der Waals surface area contributed by atoms with Crippen molar-refractivity contribution in [1.29, 1.82) is 0 Å². The van der Waals surface area contributed by atoms with Crippen molar-refractivity contribution in [2.45, 2.75) is 31.7 Å². The summed E-state index contributed by atoms with van der Waals surface area (Å²) in [7, 11) is 0. The van der Waals surface area contributed by atoms with Crippen molar-refractivity contribution in [2.24, 2.45) is 0 Å². The van der Waals surface area contributed by atoms with E-state index < -0.39 is 6.04 Å². The number of benzene rings is 1. The second-order valence-electron chi connectivity index (χ2n) is 4.40. The van der Waals surface area contributed by atoms with E-state index in [0.29, 0.717) is 32.0 Å². The third kappa shape index (κ3) is 2.64. The quantitative estimate of drug-likeness (QED) is 0.594.